The molecule has 0 saturated heterocycles. The van der Waals surface area contributed by atoms with Crippen LogP contribution in [0.5, 0.6) is 0 Å². The van der Waals surface area contributed by atoms with E-state index in [0.717, 1.165) is 41.4 Å². The SMILES string of the molecule is CN1CCc2c(-c3ccc(S(=O)(=O)N(C)C)cc3)ccc(NC(=O)/C=N/O)c2C1. The van der Waals surface area contributed by atoms with Crippen LogP contribution in [0.4, 0.5) is 5.69 Å². The summed E-state index contributed by atoms with van der Waals surface area (Å²) in [7, 11) is 1.54. The molecule has 1 aliphatic rings. The van der Waals surface area contributed by atoms with E-state index in [9.17, 15) is 13.2 Å². The highest BCUT2D eigenvalue weighted by atomic mass is 32.2. The third-order valence-electron chi connectivity index (χ3n) is 4.98. The largest absolute Gasteiger partial charge is 0.411 e. The minimum Gasteiger partial charge on any atom is -0.411 e. The maximum absolute atomic E-state index is 12.3. The van der Waals surface area contributed by atoms with Crippen molar-refractivity contribution in [2.24, 2.45) is 5.16 Å². The second kappa shape index (κ2) is 8.32. The molecular formula is C20H24N4O4S. The summed E-state index contributed by atoms with van der Waals surface area (Å²) in [5, 5.41) is 14.1. The van der Waals surface area contributed by atoms with E-state index >= 15 is 0 Å². The van der Waals surface area contributed by atoms with Crippen molar-refractivity contribution >= 4 is 27.8 Å². The van der Waals surface area contributed by atoms with Crippen LogP contribution in [-0.4, -0.2) is 62.6 Å². The number of anilines is 1. The van der Waals surface area contributed by atoms with Crippen molar-refractivity contribution in [2.45, 2.75) is 17.9 Å². The first-order valence-electron chi connectivity index (χ1n) is 9.08. The molecule has 0 radical (unpaired) electrons. The number of carbonyl (C=O) groups is 1. The summed E-state index contributed by atoms with van der Waals surface area (Å²) in [6.07, 6.45) is 1.62. The topological polar surface area (TPSA) is 102 Å². The smallest absolute Gasteiger partial charge is 0.270 e. The fraction of sp³-hybridized carbons (Fsp3) is 0.300. The molecule has 0 spiro atoms. The molecule has 0 unspecified atom stereocenters. The molecule has 1 heterocycles. The lowest BCUT2D eigenvalue weighted by atomic mass is 9.89. The van der Waals surface area contributed by atoms with Crippen LogP contribution in [0.1, 0.15) is 11.1 Å². The van der Waals surface area contributed by atoms with Gasteiger partial charge in [-0.05, 0) is 53.9 Å². The molecule has 2 aromatic rings. The number of hydrogen-bond acceptors (Lipinski definition) is 6. The number of hydrogen-bond donors (Lipinski definition) is 2. The van der Waals surface area contributed by atoms with E-state index in [1.807, 2.05) is 19.2 Å². The molecule has 2 N–H and O–H groups in total. The Labute approximate surface area is 170 Å². The lowest BCUT2D eigenvalue weighted by Gasteiger charge is -2.29. The van der Waals surface area contributed by atoms with E-state index in [1.165, 1.54) is 18.4 Å². The lowest BCUT2D eigenvalue weighted by molar-refractivity contribution is -0.110. The Kier molecular flexibility index (Phi) is 6.02. The van der Waals surface area contributed by atoms with E-state index < -0.39 is 15.9 Å². The second-order valence-corrected chi connectivity index (χ2v) is 9.30. The van der Waals surface area contributed by atoms with Crippen LogP contribution in [0.25, 0.3) is 11.1 Å². The Bertz CT molecular complexity index is 1050. The molecule has 29 heavy (non-hydrogen) atoms. The minimum atomic E-state index is -3.48. The zero-order chi connectivity index (χ0) is 21.2. The van der Waals surface area contributed by atoms with Crippen LogP contribution in [0.15, 0.2) is 46.4 Å². The van der Waals surface area contributed by atoms with Gasteiger partial charge >= 0.3 is 0 Å². The van der Waals surface area contributed by atoms with Gasteiger partial charge in [-0.2, -0.15) is 0 Å². The zero-order valence-electron chi connectivity index (χ0n) is 16.6. The lowest BCUT2D eigenvalue weighted by Crippen LogP contribution is -2.28. The van der Waals surface area contributed by atoms with Crippen molar-refractivity contribution in [3.63, 3.8) is 0 Å². The average molecular weight is 417 g/mol. The Morgan fingerprint density at radius 2 is 1.86 bits per heavy atom. The molecule has 0 fully saturated rings. The van der Waals surface area contributed by atoms with Crippen LogP contribution in [-0.2, 0) is 27.8 Å². The number of amides is 1. The molecule has 0 bridgehead atoms. The van der Waals surface area contributed by atoms with E-state index in [4.69, 9.17) is 5.21 Å². The van der Waals surface area contributed by atoms with Crippen LogP contribution >= 0.6 is 0 Å². The van der Waals surface area contributed by atoms with Crippen LogP contribution in [0.2, 0.25) is 0 Å². The van der Waals surface area contributed by atoms with E-state index in [0.29, 0.717) is 12.2 Å². The van der Waals surface area contributed by atoms with Crippen LogP contribution in [0.3, 0.4) is 0 Å². The third-order valence-corrected chi connectivity index (χ3v) is 6.81. The van der Waals surface area contributed by atoms with Crippen molar-refractivity contribution in [3.05, 3.63) is 47.5 Å². The van der Waals surface area contributed by atoms with E-state index in [-0.39, 0.29) is 4.90 Å². The normalized spacial score (nSPS) is 14.9. The Morgan fingerprint density at radius 1 is 1.17 bits per heavy atom. The number of sulfonamides is 1. The number of benzene rings is 2. The van der Waals surface area contributed by atoms with Gasteiger partial charge in [0, 0.05) is 32.9 Å². The molecule has 0 atom stereocenters. The monoisotopic (exact) mass is 416 g/mol. The summed E-state index contributed by atoms with van der Waals surface area (Å²) in [5.74, 6) is -0.506. The quantitative estimate of drug-likeness (QED) is 0.441. The Morgan fingerprint density at radius 3 is 2.48 bits per heavy atom. The third kappa shape index (κ3) is 4.31. The number of nitrogens with one attached hydrogen (secondary N) is 1. The number of oxime groups is 1. The van der Waals surface area contributed by atoms with Gasteiger partial charge in [-0.15, -0.1) is 0 Å². The molecular weight excluding hydrogens is 392 g/mol. The van der Waals surface area contributed by atoms with Crippen molar-refractivity contribution < 1.29 is 18.4 Å². The molecule has 154 valence electrons. The maximum Gasteiger partial charge on any atom is 0.270 e. The highest BCUT2D eigenvalue weighted by Crippen LogP contribution is 2.35. The van der Waals surface area contributed by atoms with Gasteiger partial charge in [0.05, 0.1) is 4.90 Å². The molecule has 1 amide bonds. The second-order valence-electron chi connectivity index (χ2n) is 7.15. The Balaban J connectivity index is 2.02. The summed E-state index contributed by atoms with van der Waals surface area (Å²) in [6.45, 7) is 1.55. The van der Waals surface area contributed by atoms with Crippen molar-refractivity contribution in [2.75, 3.05) is 33.0 Å². The van der Waals surface area contributed by atoms with Gasteiger partial charge < -0.3 is 15.4 Å². The van der Waals surface area contributed by atoms with E-state index in [1.54, 1.807) is 24.3 Å². The molecule has 0 saturated carbocycles. The first-order chi connectivity index (χ1) is 13.7. The molecule has 9 heteroatoms. The van der Waals surface area contributed by atoms with Crippen molar-refractivity contribution in [1.29, 1.82) is 0 Å². The summed E-state index contributed by atoms with van der Waals surface area (Å²) < 4.78 is 25.8. The van der Waals surface area contributed by atoms with Gasteiger partial charge in [-0.25, -0.2) is 12.7 Å². The van der Waals surface area contributed by atoms with Crippen LogP contribution in [0, 0.1) is 0 Å². The molecule has 0 aromatic heterocycles. The summed E-state index contributed by atoms with van der Waals surface area (Å²) in [6, 6.07) is 10.6. The number of nitrogens with zero attached hydrogens (tertiary/aromatic N) is 3. The average Bonchev–Trinajstić information content (AvgIpc) is 2.68. The molecule has 2 aromatic carbocycles. The molecule has 0 aliphatic carbocycles. The summed E-state index contributed by atoms with van der Waals surface area (Å²) in [5.41, 5.74) is 4.71. The first kappa shape index (κ1) is 21.0. The number of carbonyl (C=O) groups excluding carboxylic acids is 1. The van der Waals surface area contributed by atoms with Gasteiger partial charge in [0.15, 0.2) is 0 Å². The van der Waals surface area contributed by atoms with Gasteiger partial charge in [0.2, 0.25) is 10.0 Å². The highest BCUT2D eigenvalue weighted by Gasteiger charge is 2.22. The van der Waals surface area contributed by atoms with Gasteiger partial charge in [-0.3, -0.25) is 4.79 Å². The predicted octanol–water partition coefficient (Wildman–Crippen LogP) is 1.99. The number of rotatable bonds is 5. The molecule has 8 nitrogen and oxygen atoms in total. The molecule has 3 rings (SSSR count). The first-order valence-corrected chi connectivity index (χ1v) is 10.5. The summed E-state index contributed by atoms with van der Waals surface area (Å²) >= 11 is 0. The number of likely N-dealkylation sites (N-methyl/N-ethyl adjacent to an activating group) is 1. The predicted molar refractivity (Wildman–Crippen MR) is 112 cm³/mol. The van der Waals surface area contributed by atoms with Gasteiger partial charge in [-0.1, -0.05) is 23.4 Å². The fourth-order valence-electron chi connectivity index (χ4n) is 3.43. The fourth-order valence-corrected chi connectivity index (χ4v) is 4.33. The Hall–Kier alpha value is -2.75. The standard InChI is InChI=1S/C20H24N4O4S/c1-23(2)29(27,28)15-6-4-14(5-7-15)16-8-9-19(22-20(25)12-21-26)18-13-24(3)11-10-17(16)18/h4-9,12,26H,10-11,13H2,1-3H3,(H,22,25)/b21-12+. The molecule has 1 aliphatic heterocycles. The maximum atomic E-state index is 12.3. The van der Waals surface area contributed by atoms with Gasteiger partial charge in [0.25, 0.3) is 5.91 Å². The van der Waals surface area contributed by atoms with Crippen LogP contribution < -0.4 is 5.32 Å². The van der Waals surface area contributed by atoms with Crippen molar-refractivity contribution in [1.82, 2.24) is 9.21 Å². The van der Waals surface area contributed by atoms with E-state index in [2.05, 4.69) is 15.4 Å². The minimum absolute atomic E-state index is 0.243. The highest BCUT2D eigenvalue weighted by molar-refractivity contribution is 7.89. The zero-order valence-corrected chi connectivity index (χ0v) is 17.4. The van der Waals surface area contributed by atoms with Crippen molar-refractivity contribution in [3.8, 4) is 11.1 Å². The van der Waals surface area contributed by atoms with Gasteiger partial charge in [0.1, 0.15) is 6.21 Å². The number of fused-ring (bicyclic) bond motifs is 1. The summed E-state index contributed by atoms with van der Waals surface area (Å²) in [4.78, 5) is 14.2.